The Bertz CT molecular complexity index is 809. The van der Waals surface area contributed by atoms with Crippen LogP contribution < -0.4 is 15.5 Å². The highest BCUT2D eigenvalue weighted by Gasteiger charge is 2.29. The second-order valence-corrected chi connectivity index (χ2v) is 7.49. The van der Waals surface area contributed by atoms with Crippen molar-refractivity contribution in [2.45, 2.75) is 60.7 Å². The molecular formula is C25H45N3O9. The Morgan fingerprint density at radius 1 is 0.730 bits per heavy atom. The maximum Gasteiger partial charge on any atom is 0.252 e. The molecule has 0 aliphatic carbocycles. The van der Waals surface area contributed by atoms with Gasteiger partial charge in [-0.1, -0.05) is 27.7 Å². The number of aliphatic hydroxyl groups is 6. The molecule has 0 bridgehead atoms. The molecule has 0 spiro atoms. The summed E-state index contributed by atoms with van der Waals surface area (Å²) in [6.45, 7) is 9.38. The lowest BCUT2D eigenvalue weighted by Crippen LogP contribution is -2.40. The SMILES string of the molecule is CC.CC.Cc1c(C(=O)NCC(O)CO)c(C)c(N(CCO)C(=O)CO)c(C)c1C(=O)NCC(O)CO. The van der Waals surface area contributed by atoms with Crippen LogP contribution in [0.5, 0.6) is 0 Å². The Labute approximate surface area is 218 Å². The summed E-state index contributed by atoms with van der Waals surface area (Å²) in [5.41, 5.74) is 1.05. The molecule has 2 unspecified atom stereocenters. The number of hydrogen-bond donors (Lipinski definition) is 8. The number of carbonyl (C=O) groups excluding carboxylic acids is 3. The molecule has 0 saturated carbocycles. The van der Waals surface area contributed by atoms with Crippen LogP contribution in [0.2, 0.25) is 0 Å². The number of amides is 3. The molecule has 0 radical (unpaired) electrons. The molecule has 0 fully saturated rings. The van der Waals surface area contributed by atoms with Crippen LogP contribution in [0.3, 0.4) is 0 Å². The van der Waals surface area contributed by atoms with Crippen LogP contribution in [0, 0.1) is 20.8 Å². The number of rotatable bonds is 12. The average molecular weight is 532 g/mol. The molecule has 37 heavy (non-hydrogen) atoms. The zero-order valence-corrected chi connectivity index (χ0v) is 23.0. The van der Waals surface area contributed by atoms with E-state index in [-0.39, 0.29) is 42.0 Å². The first kappa shape index (κ1) is 36.5. The molecule has 0 aromatic heterocycles. The van der Waals surface area contributed by atoms with Crippen molar-refractivity contribution in [3.63, 3.8) is 0 Å². The Kier molecular flexibility index (Phi) is 19.3. The summed E-state index contributed by atoms with van der Waals surface area (Å²) >= 11 is 0. The van der Waals surface area contributed by atoms with Crippen LogP contribution in [-0.4, -0.2) is 107 Å². The maximum absolute atomic E-state index is 13.0. The minimum atomic E-state index is -1.20. The number of aliphatic hydroxyl groups excluding tert-OH is 6. The normalized spacial score (nSPS) is 11.7. The van der Waals surface area contributed by atoms with E-state index in [0.717, 1.165) is 4.90 Å². The Balaban J connectivity index is 0. The van der Waals surface area contributed by atoms with Crippen molar-refractivity contribution in [1.82, 2.24) is 10.6 Å². The number of nitrogens with zero attached hydrogens (tertiary/aromatic N) is 1. The third-order valence-electron chi connectivity index (χ3n) is 5.11. The van der Waals surface area contributed by atoms with Crippen LogP contribution in [-0.2, 0) is 4.79 Å². The molecule has 0 aliphatic heterocycles. The van der Waals surface area contributed by atoms with E-state index in [2.05, 4.69) is 10.6 Å². The largest absolute Gasteiger partial charge is 0.395 e. The minimum Gasteiger partial charge on any atom is -0.395 e. The lowest BCUT2D eigenvalue weighted by molar-refractivity contribution is -0.121. The van der Waals surface area contributed by atoms with E-state index in [9.17, 15) is 34.8 Å². The monoisotopic (exact) mass is 531 g/mol. The zero-order valence-electron chi connectivity index (χ0n) is 23.0. The van der Waals surface area contributed by atoms with E-state index in [1.54, 1.807) is 13.8 Å². The van der Waals surface area contributed by atoms with E-state index in [1.807, 2.05) is 27.7 Å². The van der Waals surface area contributed by atoms with Crippen molar-refractivity contribution in [3.8, 4) is 0 Å². The summed E-state index contributed by atoms with van der Waals surface area (Å²) < 4.78 is 0. The quantitative estimate of drug-likeness (QED) is 0.169. The van der Waals surface area contributed by atoms with E-state index in [0.29, 0.717) is 11.1 Å². The summed E-state index contributed by atoms with van der Waals surface area (Å²) in [5, 5.41) is 60.9. The van der Waals surface area contributed by atoms with Crippen molar-refractivity contribution in [2.24, 2.45) is 0 Å². The van der Waals surface area contributed by atoms with Gasteiger partial charge in [0.15, 0.2) is 0 Å². The predicted molar refractivity (Wildman–Crippen MR) is 141 cm³/mol. The molecule has 0 aliphatic rings. The summed E-state index contributed by atoms with van der Waals surface area (Å²) in [7, 11) is 0. The smallest absolute Gasteiger partial charge is 0.252 e. The zero-order chi connectivity index (χ0) is 29.3. The number of anilines is 1. The maximum atomic E-state index is 13.0. The Hall–Kier alpha value is -2.61. The van der Waals surface area contributed by atoms with Crippen molar-refractivity contribution in [2.75, 3.05) is 51.0 Å². The van der Waals surface area contributed by atoms with E-state index in [4.69, 9.17) is 10.2 Å². The average Bonchev–Trinajstić information content (AvgIpc) is 2.91. The predicted octanol–water partition coefficient (Wildman–Crippen LogP) is -0.852. The van der Waals surface area contributed by atoms with Gasteiger partial charge in [0.2, 0.25) is 0 Å². The molecule has 12 heteroatoms. The Morgan fingerprint density at radius 3 is 1.41 bits per heavy atom. The molecule has 0 saturated heterocycles. The van der Waals surface area contributed by atoms with Gasteiger partial charge in [-0.25, -0.2) is 0 Å². The van der Waals surface area contributed by atoms with Crippen molar-refractivity contribution >= 4 is 23.4 Å². The minimum absolute atomic E-state index is 0.0299. The van der Waals surface area contributed by atoms with Gasteiger partial charge in [-0.15, -0.1) is 0 Å². The highest BCUT2D eigenvalue weighted by atomic mass is 16.3. The van der Waals surface area contributed by atoms with Gasteiger partial charge in [-0.3, -0.25) is 14.4 Å². The number of nitrogens with one attached hydrogen (secondary N) is 2. The van der Waals surface area contributed by atoms with Crippen LogP contribution in [0.1, 0.15) is 65.1 Å². The third kappa shape index (κ3) is 10.3. The van der Waals surface area contributed by atoms with Gasteiger partial charge in [0, 0.05) is 30.8 Å². The lowest BCUT2D eigenvalue weighted by Gasteiger charge is -2.29. The van der Waals surface area contributed by atoms with Crippen LogP contribution in [0.15, 0.2) is 0 Å². The van der Waals surface area contributed by atoms with Gasteiger partial charge >= 0.3 is 0 Å². The summed E-state index contributed by atoms with van der Waals surface area (Å²) in [4.78, 5) is 39.4. The number of carbonyl (C=O) groups is 3. The first-order valence-electron chi connectivity index (χ1n) is 12.4. The molecule has 12 nitrogen and oxygen atoms in total. The summed E-state index contributed by atoms with van der Waals surface area (Å²) in [5.74, 6) is -2.12. The molecule has 2 atom stereocenters. The second-order valence-electron chi connectivity index (χ2n) is 7.49. The molecule has 0 heterocycles. The van der Waals surface area contributed by atoms with Crippen LogP contribution in [0.4, 0.5) is 5.69 Å². The third-order valence-corrected chi connectivity index (χ3v) is 5.11. The first-order chi connectivity index (χ1) is 17.5. The number of hydrogen-bond acceptors (Lipinski definition) is 9. The van der Waals surface area contributed by atoms with Crippen LogP contribution >= 0.6 is 0 Å². The van der Waals surface area contributed by atoms with Crippen molar-refractivity contribution in [3.05, 3.63) is 27.8 Å². The fourth-order valence-corrected chi connectivity index (χ4v) is 3.57. The summed E-state index contributed by atoms with van der Waals surface area (Å²) in [6, 6.07) is 0. The lowest BCUT2D eigenvalue weighted by atomic mass is 9.89. The van der Waals surface area contributed by atoms with Gasteiger partial charge in [-0.05, 0) is 37.5 Å². The van der Waals surface area contributed by atoms with E-state index in [1.165, 1.54) is 6.92 Å². The fraction of sp³-hybridized carbons (Fsp3) is 0.640. The van der Waals surface area contributed by atoms with Gasteiger partial charge in [-0.2, -0.15) is 0 Å². The number of benzene rings is 1. The van der Waals surface area contributed by atoms with Gasteiger partial charge in [0.05, 0.1) is 37.7 Å². The Morgan fingerprint density at radius 2 is 1.11 bits per heavy atom. The molecular weight excluding hydrogens is 486 g/mol. The highest BCUT2D eigenvalue weighted by Crippen LogP contribution is 2.34. The van der Waals surface area contributed by atoms with E-state index >= 15 is 0 Å². The molecule has 1 rings (SSSR count). The first-order valence-corrected chi connectivity index (χ1v) is 12.4. The van der Waals surface area contributed by atoms with Gasteiger partial charge < -0.3 is 46.2 Å². The second kappa shape index (κ2) is 19.5. The molecule has 1 aromatic rings. The van der Waals surface area contributed by atoms with E-state index < -0.39 is 56.4 Å². The topological polar surface area (TPSA) is 200 Å². The molecule has 8 N–H and O–H groups in total. The molecule has 214 valence electrons. The molecule has 1 aromatic carbocycles. The highest BCUT2D eigenvalue weighted by molar-refractivity contribution is 6.08. The fourth-order valence-electron chi connectivity index (χ4n) is 3.57. The van der Waals surface area contributed by atoms with Crippen molar-refractivity contribution < 1.29 is 45.0 Å². The van der Waals surface area contributed by atoms with Crippen LogP contribution in [0.25, 0.3) is 0 Å². The van der Waals surface area contributed by atoms with Gasteiger partial charge in [0.1, 0.15) is 6.61 Å². The van der Waals surface area contributed by atoms with Gasteiger partial charge in [0.25, 0.3) is 17.7 Å². The standard InChI is InChI=1S/C21H33N3O9.2C2H6/c1-11-17(20(32)22-6-14(29)8-26)12(2)19(24(4-5-25)16(31)10-28)13(3)18(11)21(33)23-7-15(30)9-27;2*1-2/h14-15,25-30H,4-10H2,1-3H3,(H,22,32)(H,23,33);2*1-2H3. The molecule has 3 amide bonds. The summed E-state index contributed by atoms with van der Waals surface area (Å²) in [6.07, 6.45) is -2.41. The van der Waals surface area contributed by atoms with Crippen molar-refractivity contribution in [1.29, 1.82) is 0 Å².